The van der Waals surface area contributed by atoms with Gasteiger partial charge in [0.05, 0.1) is 24.4 Å². The minimum Gasteiger partial charge on any atom is -0.494 e. The Labute approximate surface area is 189 Å². The number of carbonyl (C=O) groups is 1. The van der Waals surface area contributed by atoms with Gasteiger partial charge >= 0.3 is 0 Å². The van der Waals surface area contributed by atoms with Crippen molar-refractivity contribution in [1.82, 2.24) is 26.3 Å². The van der Waals surface area contributed by atoms with E-state index in [-0.39, 0.29) is 23.5 Å². The summed E-state index contributed by atoms with van der Waals surface area (Å²) in [5.74, 6) is 2.14. The normalized spacial score (nSPS) is 22.7. The largest absolute Gasteiger partial charge is 0.494 e. The maximum Gasteiger partial charge on any atom is 0.237 e. The highest BCUT2D eigenvalue weighted by atomic mass is 32.2. The molecule has 2 aromatic carbocycles. The molecule has 0 spiro atoms. The van der Waals surface area contributed by atoms with Crippen LogP contribution in [0.15, 0.2) is 59.1 Å². The minimum atomic E-state index is -0.282. The fraction of sp³-hybridized carbons (Fsp3) is 0.318. The van der Waals surface area contributed by atoms with E-state index in [9.17, 15) is 4.79 Å². The number of fused-ring (bicyclic) bond motifs is 1. The van der Waals surface area contributed by atoms with E-state index >= 15 is 0 Å². The Morgan fingerprint density at radius 1 is 1.22 bits per heavy atom. The maximum absolute atomic E-state index is 13.2. The van der Waals surface area contributed by atoms with E-state index in [1.165, 1.54) is 11.8 Å². The molecule has 5 rings (SSSR count). The van der Waals surface area contributed by atoms with Gasteiger partial charge < -0.3 is 9.26 Å². The maximum atomic E-state index is 13.2. The number of ether oxygens (including phenoxy) is 1. The Morgan fingerprint density at radius 2 is 2.09 bits per heavy atom. The molecule has 1 amide bonds. The summed E-state index contributed by atoms with van der Waals surface area (Å²) in [6, 6.07) is 17.3. The minimum absolute atomic E-state index is 0.0777. The van der Waals surface area contributed by atoms with Crippen LogP contribution in [0.3, 0.4) is 0 Å². The number of rotatable bonds is 7. The van der Waals surface area contributed by atoms with Gasteiger partial charge in [0.15, 0.2) is 0 Å². The van der Waals surface area contributed by atoms with Crippen molar-refractivity contribution in [3.63, 3.8) is 0 Å². The number of amides is 1. The van der Waals surface area contributed by atoms with Gasteiger partial charge in [-0.2, -0.15) is 4.98 Å². The van der Waals surface area contributed by atoms with Crippen molar-refractivity contribution in [3.8, 4) is 17.1 Å². The van der Waals surface area contributed by atoms with Gasteiger partial charge in [-0.1, -0.05) is 35.5 Å². The molecular formula is C22H24N6O3S. The van der Waals surface area contributed by atoms with Crippen molar-refractivity contribution >= 4 is 23.4 Å². The molecule has 0 radical (unpaired) electrons. The molecule has 3 N–H and O–H groups in total. The summed E-state index contributed by atoms with van der Waals surface area (Å²) in [5, 5.41) is 7.63. The summed E-state index contributed by atoms with van der Waals surface area (Å²) in [6.07, 6.45) is -0.125. The highest BCUT2D eigenvalue weighted by Crippen LogP contribution is 2.31. The Morgan fingerprint density at radius 3 is 2.94 bits per heavy atom. The lowest BCUT2D eigenvalue weighted by Crippen LogP contribution is -2.64. The van der Waals surface area contributed by atoms with Crippen LogP contribution in [0, 0.1) is 5.92 Å². The summed E-state index contributed by atoms with van der Waals surface area (Å²) < 4.78 is 11.0. The summed E-state index contributed by atoms with van der Waals surface area (Å²) in [5.41, 5.74) is 7.62. The van der Waals surface area contributed by atoms with E-state index in [4.69, 9.17) is 9.26 Å². The van der Waals surface area contributed by atoms with Crippen LogP contribution < -0.4 is 25.8 Å². The van der Waals surface area contributed by atoms with E-state index in [2.05, 4.69) is 26.3 Å². The summed E-state index contributed by atoms with van der Waals surface area (Å²) in [4.78, 5) is 19.6. The number of hydrogen-bond donors (Lipinski definition) is 3. The third-order valence-corrected chi connectivity index (χ3v) is 6.44. The molecule has 3 heterocycles. The molecule has 166 valence electrons. The number of benzene rings is 2. The average molecular weight is 453 g/mol. The van der Waals surface area contributed by atoms with Crippen molar-refractivity contribution in [2.24, 2.45) is 5.92 Å². The lowest BCUT2D eigenvalue weighted by molar-refractivity contribution is -0.124. The Kier molecular flexibility index (Phi) is 6.08. The monoisotopic (exact) mass is 452 g/mol. The third kappa shape index (κ3) is 4.22. The van der Waals surface area contributed by atoms with Gasteiger partial charge in [0, 0.05) is 17.8 Å². The van der Waals surface area contributed by atoms with Crippen LogP contribution in [0.4, 0.5) is 5.69 Å². The van der Waals surface area contributed by atoms with Crippen LogP contribution in [0.1, 0.15) is 12.8 Å². The molecule has 2 aliphatic heterocycles. The molecule has 2 aliphatic rings. The van der Waals surface area contributed by atoms with Gasteiger partial charge in [0.25, 0.3) is 0 Å². The van der Waals surface area contributed by atoms with Gasteiger partial charge in [-0.15, -0.1) is 11.8 Å². The zero-order valence-corrected chi connectivity index (χ0v) is 18.3. The number of anilines is 1. The summed E-state index contributed by atoms with van der Waals surface area (Å²) >= 11 is 1.53. The molecule has 3 aromatic rings. The predicted molar refractivity (Wildman–Crippen MR) is 121 cm³/mol. The third-order valence-electron chi connectivity index (χ3n) is 5.36. The van der Waals surface area contributed by atoms with Crippen molar-refractivity contribution in [3.05, 3.63) is 60.5 Å². The van der Waals surface area contributed by atoms with Gasteiger partial charge in [-0.05, 0) is 31.2 Å². The zero-order chi connectivity index (χ0) is 21.9. The summed E-state index contributed by atoms with van der Waals surface area (Å²) in [6.45, 7) is 3.12. The molecule has 2 saturated heterocycles. The number of thioether (sulfide) groups is 1. The summed E-state index contributed by atoms with van der Waals surface area (Å²) in [7, 11) is 0. The number of hydrogen-bond acceptors (Lipinski definition) is 9. The van der Waals surface area contributed by atoms with E-state index in [0.717, 1.165) is 17.0 Å². The van der Waals surface area contributed by atoms with E-state index in [0.29, 0.717) is 30.6 Å². The lowest BCUT2D eigenvalue weighted by Gasteiger charge is -2.41. The lowest BCUT2D eigenvalue weighted by atomic mass is 10.0. The second kappa shape index (κ2) is 9.29. The first-order valence-corrected chi connectivity index (χ1v) is 11.6. The highest BCUT2D eigenvalue weighted by molar-refractivity contribution is 7.99. The zero-order valence-electron chi connectivity index (χ0n) is 17.5. The van der Waals surface area contributed by atoms with Crippen LogP contribution in [-0.4, -0.2) is 40.9 Å². The topological polar surface area (TPSA) is 105 Å². The smallest absolute Gasteiger partial charge is 0.237 e. The number of aromatic nitrogens is 2. The van der Waals surface area contributed by atoms with Crippen LogP contribution in [0.5, 0.6) is 5.75 Å². The highest BCUT2D eigenvalue weighted by Gasteiger charge is 2.44. The quantitative estimate of drug-likeness (QED) is 0.498. The first-order valence-electron chi connectivity index (χ1n) is 10.5. The number of nitrogens with zero attached hydrogens (tertiary/aromatic N) is 3. The van der Waals surface area contributed by atoms with Crippen LogP contribution in [0.25, 0.3) is 11.4 Å². The first-order chi connectivity index (χ1) is 15.7. The van der Waals surface area contributed by atoms with Gasteiger partial charge in [0.1, 0.15) is 11.2 Å². The van der Waals surface area contributed by atoms with E-state index < -0.39 is 0 Å². The molecule has 1 aromatic heterocycles. The molecule has 0 bridgehead atoms. The Hall–Kier alpha value is -2.92. The van der Waals surface area contributed by atoms with Crippen LogP contribution >= 0.6 is 11.8 Å². The average Bonchev–Trinajstić information content (AvgIpc) is 3.49. The van der Waals surface area contributed by atoms with E-state index in [1.54, 1.807) is 0 Å². The molecule has 3 unspecified atom stereocenters. The van der Waals surface area contributed by atoms with Crippen molar-refractivity contribution < 1.29 is 14.1 Å². The molecule has 9 nitrogen and oxygen atoms in total. The van der Waals surface area contributed by atoms with Crippen molar-refractivity contribution in [2.45, 2.75) is 24.3 Å². The van der Waals surface area contributed by atoms with E-state index in [1.807, 2.05) is 66.4 Å². The standard InChI is InChI=1S/C22H24N6O3S/c1-2-30-16-10-6-7-14(11-16)19-24-18(31-27-19)13-32-22-25-20-17(12-23-26-20)21(29)28(22)15-8-4-3-5-9-15/h3-11,17,20,22-23,25-26H,2,12-13H2,1H3. The van der Waals surface area contributed by atoms with Crippen molar-refractivity contribution in [2.75, 3.05) is 18.1 Å². The van der Waals surface area contributed by atoms with Gasteiger partial charge in [-0.3, -0.25) is 20.4 Å². The second-order valence-electron chi connectivity index (χ2n) is 7.46. The Bertz CT molecular complexity index is 1080. The van der Waals surface area contributed by atoms with Crippen molar-refractivity contribution in [1.29, 1.82) is 0 Å². The Balaban J connectivity index is 1.32. The second-order valence-corrected chi connectivity index (χ2v) is 8.52. The number of carbonyl (C=O) groups excluding carboxylic acids is 1. The molecule has 2 fully saturated rings. The number of nitrogens with one attached hydrogen (secondary N) is 3. The molecule has 32 heavy (non-hydrogen) atoms. The fourth-order valence-corrected chi connectivity index (χ4v) is 4.89. The molecule has 0 aliphatic carbocycles. The molecule has 10 heteroatoms. The van der Waals surface area contributed by atoms with Crippen LogP contribution in [0.2, 0.25) is 0 Å². The SMILES string of the molecule is CCOc1cccc(-c2noc(CSC3NC4NNCC4C(=O)N3c3ccccc3)n2)c1. The molecule has 0 saturated carbocycles. The first kappa shape index (κ1) is 21.0. The van der Waals surface area contributed by atoms with Gasteiger partial charge in [-0.25, -0.2) is 5.43 Å². The molecular weight excluding hydrogens is 428 g/mol. The number of para-hydroxylation sites is 1. The van der Waals surface area contributed by atoms with Gasteiger partial charge in [0.2, 0.25) is 17.6 Å². The van der Waals surface area contributed by atoms with Crippen LogP contribution in [-0.2, 0) is 10.5 Å². The number of hydrazine groups is 1. The predicted octanol–water partition coefficient (Wildman–Crippen LogP) is 2.34. The fourth-order valence-electron chi connectivity index (χ4n) is 3.85. The molecule has 3 atom stereocenters.